The Bertz CT molecular complexity index is 568. The van der Waals surface area contributed by atoms with Crippen molar-refractivity contribution in [2.75, 3.05) is 13.7 Å². The van der Waals surface area contributed by atoms with Crippen molar-refractivity contribution < 1.29 is 9.66 Å². The number of hydrogen-bond donors (Lipinski definition) is 2. The average Bonchev–Trinajstić information content (AvgIpc) is 2.72. The first kappa shape index (κ1) is 14.3. The van der Waals surface area contributed by atoms with Crippen LogP contribution in [0.3, 0.4) is 0 Å². The molecule has 0 fully saturated rings. The Morgan fingerprint density at radius 3 is 2.78 bits per heavy atom. The number of rotatable bonds is 4. The van der Waals surface area contributed by atoms with Crippen molar-refractivity contribution in [3.8, 4) is 5.75 Å². The zero-order valence-corrected chi connectivity index (χ0v) is 10.6. The molecule has 1 heterocycles. The fraction of sp³-hybridized carbons (Fsp3) is 0.273. The fourth-order valence-electron chi connectivity index (χ4n) is 1.95. The Labute approximate surface area is 110 Å². The Morgan fingerprint density at radius 2 is 2.22 bits per heavy atom. The highest BCUT2D eigenvalue weighted by Crippen LogP contribution is 2.34. The largest absolute Gasteiger partial charge is 0.495 e. The Morgan fingerprint density at radius 1 is 1.50 bits per heavy atom. The van der Waals surface area contributed by atoms with Gasteiger partial charge in [-0.3, -0.25) is 10.1 Å². The zero-order valence-electron chi connectivity index (χ0n) is 9.80. The molecule has 0 unspecified atom stereocenters. The van der Waals surface area contributed by atoms with Crippen LogP contribution >= 0.6 is 12.4 Å². The van der Waals surface area contributed by atoms with Gasteiger partial charge >= 0.3 is 0 Å². The van der Waals surface area contributed by atoms with E-state index < -0.39 is 4.92 Å². The van der Waals surface area contributed by atoms with Crippen LogP contribution in [0.15, 0.2) is 18.3 Å². The van der Waals surface area contributed by atoms with E-state index in [2.05, 4.69) is 4.98 Å². The summed E-state index contributed by atoms with van der Waals surface area (Å²) < 4.78 is 5.17. The highest BCUT2D eigenvalue weighted by molar-refractivity contribution is 5.95. The number of aromatic amines is 1. The third kappa shape index (κ3) is 2.25. The van der Waals surface area contributed by atoms with Crippen molar-refractivity contribution >= 4 is 29.0 Å². The van der Waals surface area contributed by atoms with E-state index in [1.165, 1.54) is 13.2 Å². The first-order valence-corrected chi connectivity index (χ1v) is 5.20. The van der Waals surface area contributed by atoms with E-state index in [4.69, 9.17) is 10.5 Å². The number of benzene rings is 1. The number of aromatic nitrogens is 1. The maximum absolute atomic E-state index is 11.0. The quantitative estimate of drug-likeness (QED) is 0.657. The molecular formula is C11H14ClN3O3. The zero-order chi connectivity index (χ0) is 12.4. The minimum atomic E-state index is -0.393. The summed E-state index contributed by atoms with van der Waals surface area (Å²) in [5, 5.41) is 11.6. The minimum absolute atomic E-state index is 0. The van der Waals surface area contributed by atoms with E-state index in [1.807, 2.05) is 0 Å². The van der Waals surface area contributed by atoms with E-state index in [1.54, 1.807) is 12.3 Å². The van der Waals surface area contributed by atoms with Gasteiger partial charge in [0.15, 0.2) is 0 Å². The number of halogens is 1. The summed E-state index contributed by atoms with van der Waals surface area (Å²) >= 11 is 0. The van der Waals surface area contributed by atoms with Crippen LogP contribution in [0.4, 0.5) is 5.69 Å². The van der Waals surface area contributed by atoms with Gasteiger partial charge in [0, 0.05) is 12.3 Å². The van der Waals surface area contributed by atoms with Crippen LogP contribution in [0.1, 0.15) is 5.56 Å². The normalized spacial score (nSPS) is 10.1. The number of non-ortho nitro benzene ring substituents is 1. The predicted octanol–water partition coefficient (Wildman–Crippen LogP) is 2.01. The molecule has 0 aliphatic rings. The van der Waals surface area contributed by atoms with Gasteiger partial charge < -0.3 is 15.5 Å². The average molecular weight is 272 g/mol. The second-order valence-corrected chi connectivity index (χ2v) is 3.65. The van der Waals surface area contributed by atoms with Crippen LogP contribution < -0.4 is 10.5 Å². The van der Waals surface area contributed by atoms with E-state index in [0.717, 1.165) is 5.56 Å². The van der Waals surface area contributed by atoms with Gasteiger partial charge in [0.1, 0.15) is 5.75 Å². The molecule has 0 spiro atoms. The number of nitrogens with one attached hydrogen (secondary N) is 1. The lowest BCUT2D eigenvalue weighted by Gasteiger charge is -2.03. The maximum atomic E-state index is 11.0. The van der Waals surface area contributed by atoms with Crippen molar-refractivity contribution in [3.05, 3.63) is 34.0 Å². The molecule has 2 rings (SSSR count). The third-order valence-corrected chi connectivity index (χ3v) is 2.69. The molecule has 18 heavy (non-hydrogen) atoms. The number of fused-ring (bicyclic) bond motifs is 1. The predicted molar refractivity (Wildman–Crippen MR) is 71.5 cm³/mol. The molecule has 0 saturated heterocycles. The van der Waals surface area contributed by atoms with Gasteiger partial charge in [0.05, 0.1) is 22.9 Å². The molecule has 98 valence electrons. The topological polar surface area (TPSA) is 94.2 Å². The summed E-state index contributed by atoms with van der Waals surface area (Å²) in [4.78, 5) is 13.6. The molecule has 1 aromatic carbocycles. The van der Waals surface area contributed by atoms with Crippen LogP contribution in [0.5, 0.6) is 5.75 Å². The maximum Gasteiger partial charge on any atom is 0.279 e. The number of nitro groups is 1. The minimum Gasteiger partial charge on any atom is -0.495 e. The lowest BCUT2D eigenvalue weighted by molar-refractivity contribution is -0.383. The van der Waals surface area contributed by atoms with Crippen molar-refractivity contribution in [1.82, 2.24) is 4.98 Å². The lowest BCUT2D eigenvalue weighted by Crippen LogP contribution is -2.02. The summed E-state index contributed by atoms with van der Waals surface area (Å²) in [7, 11) is 1.53. The molecule has 7 heteroatoms. The van der Waals surface area contributed by atoms with Crippen LogP contribution in [-0.4, -0.2) is 23.6 Å². The van der Waals surface area contributed by atoms with Crippen LogP contribution in [-0.2, 0) is 6.42 Å². The first-order valence-electron chi connectivity index (χ1n) is 5.20. The number of hydrogen-bond acceptors (Lipinski definition) is 4. The summed E-state index contributed by atoms with van der Waals surface area (Å²) in [6, 6.07) is 3.04. The number of methoxy groups -OCH3 is 1. The van der Waals surface area contributed by atoms with Crippen LogP contribution in [0, 0.1) is 10.1 Å². The number of H-pyrrole nitrogens is 1. The van der Waals surface area contributed by atoms with E-state index in [-0.39, 0.29) is 18.1 Å². The molecule has 0 saturated carbocycles. The van der Waals surface area contributed by atoms with Gasteiger partial charge in [-0.1, -0.05) is 0 Å². The molecule has 0 radical (unpaired) electrons. The molecular weight excluding hydrogens is 258 g/mol. The van der Waals surface area contributed by atoms with E-state index in [0.29, 0.717) is 29.6 Å². The van der Waals surface area contributed by atoms with Gasteiger partial charge in [-0.05, 0) is 24.6 Å². The molecule has 0 aliphatic heterocycles. The standard InChI is InChI=1S/C11H13N3O3.ClH/c1-17-9-3-2-8(14(15)16)10-7(4-5-12)6-13-11(9)10;/h2-3,6,13H,4-5,12H2,1H3;1H. The van der Waals surface area contributed by atoms with Crippen LogP contribution in [0.25, 0.3) is 10.9 Å². The van der Waals surface area contributed by atoms with Gasteiger partial charge in [0.25, 0.3) is 5.69 Å². The Kier molecular flexibility index (Phi) is 4.52. The molecule has 0 atom stereocenters. The Hall–Kier alpha value is -1.79. The summed E-state index contributed by atoms with van der Waals surface area (Å²) in [6.07, 6.45) is 2.33. The molecule has 0 aliphatic carbocycles. The van der Waals surface area contributed by atoms with Crippen molar-refractivity contribution in [3.63, 3.8) is 0 Å². The monoisotopic (exact) mass is 271 g/mol. The van der Waals surface area contributed by atoms with Gasteiger partial charge in [-0.2, -0.15) is 0 Å². The van der Waals surface area contributed by atoms with Gasteiger partial charge in [-0.25, -0.2) is 0 Å². The molecule has 0 bridgehead atoms. The molecule has 1 aromatic heterocycles. The van der Waals surface area contributed by atoms with Crippen molar-refractivity contribution in [2.24, 2.45) is 5.73 Å². The molecule has 6 nitrogen and oxygen atoms in total. The SMILES string of the molecule is COc1ccc([N+](=O)[O-])c2c(CCN)c[nH]c12.Cl. The Balaban J connectivity index is 0.00000162. The summed E-state index contributed by atoms with van der Waals surface area (Å²) in [6.45, 7) is 0.446. The smallest absolute Gasteiger partial charge is 0.279 e. The lowest BCUT2D eigenvalue weighted by atomic mass is 10.1. The number of nitrogens with two attached hydrogens (primary N) is 1. The molecule has 2 aromatic rings. The van der Waals surface area contributed by atoms with Gasteiger partial charge in [0.2, 0.25) is 0 Å². The van der Waals surface area contributed by atoms with E-state index >= 15 is 0 Å². The molecule has 3 N–H and O–H groups in total. The number of nitrogens with zero attached hydrogens (tertiary/aromatic N) is 1. The third-order valence-electron chi connectivity index (χ3n) is 2.69. The summed E-state index contributed by atoms with van der Waals surface area (Å²) in [5.74, 6) is 0.592. The highest BCUT2D eigenvalue weighted by atomic mass is 35.5. The summed E-state index contributed by atoms with van der Waals surface area (Å²) in [5.41, 5.74) is 7.05. The second kappa shape index (κ2) is 5.70. The van der Waals surface area contributed by atoms with E-state index in [9.17, 15) is 10.1 Å². The highest BCUT2D eigenvalue weighted by Gasteiger charge is 2.19. The number of nitro benzene ring substituents is 1. The van der Waals surface area contributed by atoms with Crippen molar-refractivity contribution in [1.29, 1.82) is 0 Å². The number of ether oxygens (including phenoxy) is 1. The van der Waals surface area contributed by atoms with Crippen molar-refractivity contribution in [2.45, 2.75) is 6.42 Å². The second-order valence-electron chi connectivity index (χ2n) is 3.65. The molecule has 0 amide bonds. The van der Waals surface area contributed by atoms with Gasteiger partial charge in [-0.15, -0.1) is 12.4 Å². The first-order chi connectivity index (χ1) is 8.19. The fourth-order valence-corrected chi connectivity index (χ4v) is 1.95. The van der Waals surface area contributed by atoms with Crippen LogP contribution in [0.2, 0.25) is 0 Å².